The van der Waals surface area contributed by atoms with Gasteiger partial charge in [-0.2, -0.15) is 0 Å². The van der Waals surface area contributed by atoms with Gasteiger partial charge in [-0.15, -0.1) is 13.2 Å². The van der Waals surface area contributed by atoms with Crippen LogP contribution in [0, 0.1) is 6.92 Å². The lowest BCUT2D eigenvalue weighted by Crippen LogP contribution is -1.96. The first-order valence-electron chi connectivity index (χ1n) is 5.63. The quantitative estimate of drug-likeness (QED) is 0.531. The maximum absolute atomic E-state index is 3.00. The smallest absolute Gasteiger partial charge is 0.0225 e. The highest BCUT2D eigenvalue weighted by Crippen LogP contribution is 2.21. The van der Waals surface area contributed by atoms with Gasteiger partial charge in [0.2, 0.25) is 0 Å². The Morgan fingerprint density at radius 3 is 2.40 bits per heavy atom. The van der Waals surface area contributed by atoms with Crippen LogP contribution in [-0.4, -0.2) is 0 Å². The molecule has 0 heteroatoms. The highest BCUT2D eigenvalue weighted by Gasteiger charge is 2.04. The van der Waals surface area contributed by atoms with Gasteiger partial charge < -0.3 is 0 Å². The molecule has 0 spiro atoms. The van der Waals surface area contributed by atoms with Crippen molar-refractivity contribution in [2.24, 2.45) is 0 Å². The van der Waals surface area contributed by atoms with E-state index in [-0.39, 0.29) is 0 Å². The SMILES string of the molecule is C=C.CC.Cc1cccc2c1CCC=C2. The third-order valence-electron chi connectivity index (χ3n) is 2.30. The van der Waals surface area contributed by atoms with Crippen LogP contribution in [-0.2, 0) is 6.42 Å². The van der Waals surface area contributed by atoms with Crippen LogP contribution in [0.5, 0.6) is 0 Å². The Bertz CT molecular complexity index is 308. The summed E-state index contributed by atoms with van der Waals surface area (Å²) >= 11 is 0. The number of fused-ring (bicyclic) bond motifs is 1. The van der Waals surface area contributed by atoms with Crippen molar-refractivity contribution in [2.75, 3.05) is 0 Å². The van der Waals surface area contributed by atoms with Crippen molar-refractivity contribution < 1.29 is 0 Å². The molecular formula is C15H22. The number of benzene rings is 1. The molecule has 0 bridgehead atoms. The van der Waals surface area contributed by atoms with Crippen molar-refractivity contribution in [1.82, 2.24) is 0 Å². The fourth-order valence-electron chi connectivity index (χ4n) is 1.66. The summed E-state index contributed by atoms with van der Waals surface area (Å²) in [4.78, 5) is 0. The Hall–Kier alpha value is -1.30. The molecule has 1 aromatic rings. The van der Waals surface area contributed by atoms with E-state index >= 15 is 0 Å². The molecule has 1 aliphatic carbocycles. The van der Waals surface area contributed by atoms with E-state index in [1.165, 1.54) is 29.5 Å². The molecular weight excluding hydrogens is 180 g/mol. The van der Waals surface area contributed by atoms with Gasteiger partial charge in [0.15, 0.2) is 0 Å². The molecule has 0 fully saturated rings. The average molecular weight is 202 g/mol. The van der Waals surface area contributed by atoms with Crippen molar-refractivity contribution in [1.29, 1.82) is 0 Å². The monoisotopic (exact) mass is 202 g/mol. The van der Waals surface area contributed by atoms with Crippen molar-refractivity contribution in [3.05, 3.63) is 54.1 Å². The van der Waals surface area contributed by atoms with E-state index in [1.54, 1.807) is 0 Å². The fourth-order valence-corrected chi connectivity index (χ4v) is 1.66. The van der Waals surface area contributed by atoms with Crippen LogP contribution in [0.4, 0.5) is 0 Å². The maximum atomic E-state index is 3.00. The molecule has 0 saturated carbocycles. The molecule has 0 unspecified atom stereocenters. The molecule has 0 aromatic heterocycles. The lowest BCUT2D eigenvalue weighted by Gasteiger charge is -2.12. The Morgan fingerprint density at radius 2 is 1.80 bits per heavy atom. The van der Waals surface area contributed by atoms with Crippen LogP contribution in [0.25, 0.3) is 6.08 Å². The first-order valence-corrected chi connectivity index (χ1v) is 5.63. The van der Waals surface area contributed by atoms with Crippen LogP contribution in [0.3, 0.4) is 0 Å². The Morgan fingerprint density at radius 1 is 1.13 bits per heavy atom. The summed E-state index contributed by atoms with van der Waals surface area (Å²) < 4.78 is 0. The molecule has 82 valence electrons. The van der Waals surface area contributed by atoms with Crippen LogP contribution in [0.15, 0.2) is 37.4 Å². The van der Waals surface area contributed by atoms with Crippen LogP contribution < -0.4 is 0 Å². The second-order valence-corrected chi connectivity index (χ2v) is 3.08. The minimum absolute atomic E-state index is 1.21. The summed E-state index contributed by atoms with van der Waals surface area (Å²) in [6.45, 7) is 12.2. The second kappa shape index (κ2) is 8.05. The van der Waals surface area contributed by atoms with E-state index in [0.29, 0.717) is 0 Å². The normalized spacial score (nSPS) is 11.4. The molecule has 0 nitrogen and oxygen atoms in total. The van der Waals surface area contributed by atoms with E-state index in [0.717, 1.165) is 0 Å². The molecule has 1 aliphatic rings. The van der Waals surface area contributed by atoms with Gasteiger partial charge in [-0.05, 0) is 36.5 Å². The van der Waals surface area contributed by atoms with Crippen LogP contribution >= 0.6 is 0 Å². The van der Waals surface area contributed by atoms with Gasteiger partial charge in [0.1, 0.15) is 0 Å². The van der Waals surface area contributed by atoms with E-state index in [1.807, 2.05) is 13.8 Å². The minimum atomic E-state index is 1.21. The van der Waals surface area contributed by atoms with E-state index in [9.17, 15) is 0 Å². The first kappa shape index (κ1) is 13.7. The molecule has 0 heterocycles. The molecule has 0 amide bonds. The molecule has 0 N–H and O–H groups in total. The van der Waals surface area contributed by atoms with Gasteiger partial charge >= 0.3 is 0 Å². The topological polar surface area (TPSA) is 0 Å². The minimum Gasteiger partial charge on any atom is -0.106 e. The van der Waals surface area contributed by atoms with Crippen molar-refractivity contribution in [3.8, 4) is 0 Å². The summed E-state index contributed by atoms with van der Waals surface area (Å²) in [6.07, 6.45) is 6.91. The number of aryl methyl sites for hydroxylation is 1. The highest BCUT2D eigenvalue weighted by molar-refractivity contribution is 5.58. The largest absolute Gasteiger partial charge is 0.106 e. The van der Waals surface area contributed by atoms with E-state index < -0.39 is 0 Å². The number of rotatable bonds is 0. The van der Waals surface area contributed by atoms with Gasteiger partial charge in [0.05, 0.1) is 0 Å². The van der Waals surface area contributed by atoms with Gasteiger partial charge in [0, 0.05) is 0 Å². The Labute approximate surface area is 94.3 Å². The molecule has 1 aromatic carbocycles. The van der Waals surface area contributed by atoms with Crippen LogP contribution in [0.2, 0.25) is 0 Å². The molecule has 0 atom stereocenters. The third-order valence-corrected chi connectivity index (χ3v) is 2.30. The number of allylic oxidation sites excluding steroid dienone is 1. The van der Waals surface area contributed by atoms with E-state index in [2.05, 4.69) is 50.4 Å². The molecule has 2 rings (SSSR count). The Kier molecular flexibility index (Phi) is 7.35. The lowest BCUT2D eigenvalue weighted by atomic mass is 9.94. The Balaban J connectivity index is 0.000000442. The number of hydrogen-bond donors (Lipinski definition) is 0. The zero-order valence-electron chi connectivity index (χ0n) is 10.2. The predicted molar refractivity (Wildman–Crippen MR) is 71.1 cm³/mol. The van der Waals surface area contributed by atoms with Crippen molar-refractivity contribution in [3.63, 3.8) is 0 Å². The summed E-state index contributed by atoms with van der Waals surface area (Å²) in [6, 6.07) is 6.51. The van der Waals surface area contributed by atoms with Gasteiger partial charge in [-0.25, -0.2) is 0 Å². The molecule has 0 aliphatic heterocycles. The van der Waals surface area contributed by atoms with Gasteiger partial charge in [-0.1, -0.05) is 44.2 Å². The summed E-state index contributed by atoms with van der Waals surface area (Å²) in [5.74, 6) is 0. The van der Waals surface area contributed by atoms with Crippen molar-refractivity contribution in [2.45, 2.75) is 33.6 Å². The first-order chi connectivity index (χ1) is 7.38. The average Bonchev–Trinajstić information content (AvgIpc) is 2.35. The summed E-state index contributed by atoms with van der Waals surface area (Å²) in [5.41, 5.74) is 4.39. The van der Waals surface area contributed by atoms with Gasteiger partial charge in [0.25, 0.3) is 0 Å². The molecule has 0 saturated heterocycles. The third kappa shape index (κ3) is 3.75. The van der Waals surface area contributed by atoms with E-state index in [4.69, 9.17) is 0 Å². The zero-order valence-corrected chi connectivity index (χ0v) is 10.2. The lowest BCUT2D eigenvalue weighted by molar-refractivity contribution is 0.971. The fraction of sp³-hybridized carbons (Fsp3) is 0.333. The molecule has 0 radical (unpaired) electrons. The predicted octanol–water partition coefficient (Wildman–Crippen LogP) is 4.78. The van der Waals surface area contributed by atoms with Crippen molar-refractivity contribution >= 4 is 6.08 Å². The zero-order chi connectivity index (χ0) is 11.7. The van der Waals surface area contributed by atoms with Gasteiger partial charge in [-0.3, -0.25) is 0 Å². The maximum Gasteiger partial charge on any atom is -0.0225 e. The second-order valence-electron chi connectivity index (χ2n) is 3.08. The molecule has 15 heavy (non-hydrogen) atoms. The van der Waals surface area contributed by atoms with Crippen LogP contribution in [0.1, 0.15) is 37.0 Å². The standard InChI is InChI=1S/C11H12.C2H6.C2H4/c1-9-5-4-7-10-6-2-3-8-11(9)10;2*1-2/h2,4-7H,3,8H2,1H3;1-2H3;1-2H2. The number of hydrogen-bond acceptors (Lipinski definition) is 0. The summed E-state index contributed by atoms with van der Waals surface area (Å²) in [7, 11) is 0. The highest BCUT2D eigenvalue weighted by atomic mass is 14.1. The summed E-state index contributed by atoms with van der Waals surface area (Å²) in [5, 5.41) is 0.